The van der Waals surface area contributed by atoms with Gasteiger partial charge in [-0.05, 0) is 36.4 Å². The summed E-state index contributed by atoms with van der Waals surface area (Å²) in [5, 5.41) is 2.93. The molecule has 0 radical (unpaired) electrons. The topological polar surface area (TPSA) is 54.0 Å². The fourth-order valence-electron chi connectivity index (χ4n) is 3.49. The first kappa shape index (κ1) is 20.2. The van der Waals surface area contributed by atoms with Crippen LogP contribution in [0.25, 0.3) is 0 Å². The first-order valence-electron chi connectivity index (χ1n) is 9.80. The lowest BCUT2D eigenvalue weighted by Crippen LogP contribution is -2.49. The van der Waals surface area contributed by atoms with Crippen molar-refractivity contribution in [3.05, 3.63) is 60.2 Å². The van der Waals surface area contributed by atoms with Gasteiger partial charge in [0, 0.05) is 32.7 Å². The van der Waals surface area contributed by atoms with Gasteiger partial charge < -0.3 is 19.7 Å². The minimum Gasteiger partial charge on any atom is -0.497 e. The molecule has 6 heteroatoms. The van der Waals surface area contributed by atoms with E-state index in [-0.39, 0.29) is 6.04 Å². The monoisotopic (exact) mass is 383 g/mol. The van der Waals surface area contributed by atoms with Gasteiger partial charge in [-0.3, -0.25) is 4.90 Å². The Morgan fingerprint density at radius 3 is 2.29 bits per heavy atom. The second kappa shape index (κ2) is 10.1. The van der Waals surface area contributed by atoms with E-state index in [1.807, 2.05) is 30.3 Å². The first-order chi connectivity index (χ1) is 13.7. The molecule has 1 atom stereocenters. The van der Waals surface area contributed by atoms with Gasteiger partial charge in [0.15, 0.2) is 0 Å². The zero-order valence-electron chi connectivity index (χ0n) is 16.6. The number of para-hydroxylation sites is 1. The first-order valence-corrected chi connectivity index (χ1v) is 9.80. The smallest absolute Gasteiger partial charge is 0.412 e. The van der Waals surface area contributed by atoms with Gasteiger partial charge in [-0.1, -0.05) is 37.3 Å². The van der Waals surface area contributed by atoms with Gasteiger partial charge in [0.05, 0.1) is 13.2 Å². The Morgan fingerprint density at radius 2 is 1.68 bits per heavy atom. The number of nitrogens with zero attached hydrogens (tertiary/aromatic N) is 2. The number of ether oxygens (including phenoxy) is 2. The molecule has 150 valence electrons. The molecular weight excluding hydrogens is 354 g/mol. The number of likely N-dealkylation sites (N-methyl/N-ethyl adjacent to an activating group) is 1. The molecule has 0 spiro atoms. The Kier molecular flexibility index (Phi) is 7.28. The van der Waals surface area contributed by atoms with E-state index in [4.69, 9.17) is 9.47 Å². The van der Waals surface area contributed by atoms with Crippen molar-refractivity contribution in [3.63, 3.8) is 0 Å². The van der Waals surface area contributed by atoms with E-state index in [0.717, 1.165) is 44.0 Å². The van der Waals surface area contributed by atoms with E-state index < -0.39 is 6.09 Å². The number of carbonyl (C=O) groups is 1. The molecule has 1 saturated heterocycles. The maximum atomic E-state index is 12.2. The lowest BCUT2D eigenvalue weighted by Gasteiger charge is -2.39. The number of rotatable bonds is 7. The molecule has 1 aliphatic rings. The van der Waals surface area contributed by atoms with Crippen molar-refractivity contribution in [2.45, 2.75) is 13.0 Å². The number of benzene rings is 2. The summed E-state index contributed by atoms with van der Waals surface area (Å²) in [4.78, 5) is 17.1. The van der Waals surface area contributed by atoms with E-state index in [9.17, 15) is 4.79 Å². The molecule has 1 N–H and O–H groups in total. The van der Waals surface area contributed by atoms with Crippen LogP contribution in [-0.2, 0) is 0 Å². The van der Waals surface area contributed by atoms with Crippen molar-refractivity contribution < 1.29 is 14.3 Å². The highest BCUT2D eigenvalue weighted by atomic mass is 16.6. The van der Waals surface area contributed by atoms with Crippen LogP contribution in [0.4, 0.5) is 4.79 Å². The lowest BCUT2D eigenvalue weighted by molar-refractivity contribution is 0.0977. The van der Waals surface area contributed by atoms with Crippen molar-refractivity contribution in [3.8, 4) is 11.5 Å². The summed E-state index contributed by atoms with van der Waals surface area (Å²) >= 11 is 0. The third-order valence-corrected chi connectivity index (χ3v) is 5.19. The van der Waals surface area contributed by atoms with Crippen LogP contribution < -0.4 is 14.8 Å². The average Bonchev–Trinajstić information content (AvgIpc) is 2.75. The Hall–Kier alpha value is -2.57. The van der Waals surface area contributed by atoms with Gasteiger partial charge in [-0.15, -0.1) is 0 Å². The quantitative estimate of drug-likeness (QED) is 0.796. The maximum absolute atomic E-state index is 12.2. The third-order valence-electron chi connectivity index (χ3n) is 5.19. The molecule has 1 aliphatic heterocycles. The molecule has 0 bridgehead atoms. The van der Waals surface area contributed by atoms with Gasteiger partial charge in [0.2, 0.25) is 0 Å². The predicted octanol–water partition coefficient (Wildman–Crippen LogP) is 3.16. The van der Waals surface area contributed by atoms with Gasteiger partial charge >= 0.3 is 6.09 Å². The van der Waals surface area contributed by atoms with Gasteiger partial charge in [-0.25, -0.2) is 4.79 Å². The number of nitrogens with one attached hydrogen (secondary N) is 1. The lowest BCUT2D eigenvalue weighted by atomic mass is 10.0. The Labute approximate surface area is 167 Å². The summed E-state index contributed by atoms with van der Waals surface area (Å²) in [7, 11) is 1.66. The molecule has 2 aromatic rings. The van der Waals surface area contributed by atoms with E-state index in [2.05, 4.69) is 34.2 Å². The Balaban J connectivity index is 1.66. The fraction of sp³-hybridized carbons (Fsp3) is 0.409. The number of piperazine rings is 1. The minimum atomic E-state index is -0.433. The number of methoxy groups -OCH3 is 1. The molecule has 0 saturated carbocycles. The number of carbonyl (C=O) groups excluding carboxylic acids is 1. The van der Waals surface area contributed by atoms with Gasteiger partial charge in [-0.2, -0.15) is 0 Å². The third kappa shape index (κ3) is 5.47. The van der Waals surface area contributed by atoms with Crippen molar-refractivity contribution in [2.24, 2.45) is 0 Å². The fourth-order valence-corrected chi connectivity index (χ4v) is 3.49. The van der Waals surface area contributed by atoms with Gasteiger partial charge in [0.25, 0.3) is 0 Å². The van der Waals surface area contributed by atoms with Crippen LogP contribution in [0, 0.1) is 0 Å². The number of amides is 1. The molecule has 28 heavy (non-hydrogen) atoms. The summed E-state index contributed by atoms with van der Waals surface area (Å²) in [6.45, 7) is 7.78. The minimum absolute atomic E-state index is 0.0910. The summed E-state index contributed by atoms with van der Waals surface area (Å²) in [6.07, 6.45) is -0.433. The van der Waals surface area contributed by atoms with Crippen molar-refractivity contribution in [1.29, 1.82) is 0 Å². The zero-order valence-corrected chi connectivity index (χ0v) is 16.6. The van der Waals surface area contributed by atoms with E-state index in [0.29, 0.717) is 12.3 Å². The number of hydrogen-bond donors (Lipinski definition) is 1. The molecular formula is C22H29N3O3. The predicted molar refractivity (Wildman–Crippen MR) is 110 cm³/mol. The molecule has 1 amide bonds. The molecule has 3 rings (SSSR count). The van der Waals surface area contributed by atoms with Crippen molar-refractivity contribution in [2.75, 3.05) is 46.4 Å². The maximum Gasteiger partial charge on any atom is 0.412 e. The normalized spacial score (nSPS) is 16.4. The van der Waals surface area contributed by atoms with Crippen LogP contribution in [0.1, 0.15) is 18.5 Å². The summed E-state index contributed by atoms with van der Waals surface area (Å²) < 4.78 is 10.6. The molecule has 1 fully saturated rings. The standard InChI is InChI=1S/C22H29N3O3/c1-3-24-13-15-25(16-14-24)21(18-9-11-19(27-2)12-10-18)17-23-22(26)28-20-7-5-4-6-8-20/h4-12,21H,3,13-17H2,1-2H3,(H,23,26). The second-order valence-corrected chi connectivity index (χ2v) is 6.84. The van der Waals surface area contributed by atoms with E-state index >= 15 is 0 Å². The van der Waals surface area contributed by atoms with Crippen LogP contribution in [0.15, 0.2) is 54.6 Å². The molecule has 6 nitrogen and oxygen atoms in total. The number of hydrogen-bond acceptors (Lipinski definition) is 5. The van der Waals surface area contributed by atoms with E-state index in [1.165, 1.54) is 0 Å². The van der Waals surface area contributed by atoms with E-state index in [1.54, 1.807) is 19.2 Å². The van der Waals surface area contributed by atoms with Crippen LogP contribution in [0.3, 0.4) is 0 Å². The van der Waals surface area contributed by atoms with Gasteiger partial charge in [0.1, 0.15) is 11.5 Å². The summed E-state index contributed by atoms with van der Waals surface area (Å²) in [6, 6.07) is 17.3. The Morgan fingerprint density at radius 1 is 1.00 bits per heavy atom. The second-order valence-electron chi connectivity index (χ2n) is 6.84. The van der Waals surface area contributed by atoms with Crippen LogP contribution >= 0.6 is 0 Å². The largest absolute Gasteiger partial charge is 0.497 e. The van der Waals surface area contributed by atoms with Crippen LogP contribution in [0.5, 0.6) is 11.5 Å². The van der Waals surface area contributed by atoms with Crippen LogP contribution in [0.2, 0.25) is 0 Å². The highest BCUT2D eigenvalue weighted by Gasteiger charge is 2.25. The highest BCUT2D eigenvalue weighted by molar-refractivity contribution is 5.70. The van der Waals surface area contributed by atoms with Crippen LogP contribution in [-0.4, -0.2) is 62.3 Å². The van der Waals surface area contributed by atoms with Crippen molar-refractivity contribution in [1.82, 2.24) is 15.1 Å². The molecule has 0 aliphatic carbocycles. The van der Waals surface area contributed by atoms with Crippen molar-refractivity contribution >= 4 is 6.09 Å². The average molecular weight is 383 g/mol. The molecule has 1 unspecified atom stereocenters. The summed E-state index contributed by atoms with van der Waals surface area (Å²) in [5.41, 5.74) is 1.16. The zero-order chi connectivity index (χ0) is 19.8. The molecule has 0 aromatic heterocycles. The summed E-state index contributed by atoms with van der Waals surface area (Å²) in [5.74, 6) is 1.37. The highest BCUT2D eigenvalue weighted by Crippen LogP contribution is 2.24. The molecule has 1 heterocycles. The SMILES string of the molecule is CCN1CCN(C(CNC(=O)Oc2ccccc2)c2ccc(OC)cc2)CC1. The molecule has 2 aromatic carbocycles. The Bertz CT molecular complexity index is 728.